The fourth-order valence-electron chi connectivity index (χ4n) is 5.08. The molecule has 12 heteroatoms. The number of aliphatic hydroxyl groups is 1. The second-order valence-corrected chi connectivity index (χ2v) is 11.9. The summed E-state index contributed by atoms with van der Waals surface area (Å²) in [4.78, 5) is 37.4. The van der Waals surface area contributed by atoms with Crippen molar-refractivity contribution in [3.05, 3.63) is 71.9 Å². The van der Waals surface area contributed by atoms with Gasteiger partial charge in [0, 0.05) is 36.8 Å². The maximum Gasteiger partial charge on any atom is 0.414 e. The molecule has 0 unspecified atom stereocenters. The van der Waals surface area contributed by atoms with Crippen LogP contribution < -0.4 is 15.4 Å². The quantitative estimate of drug-likeness (QED) is 0.209. The highest BCUT2D eigenvalue weighted by molar-refractivity contribution is 6.27. The summed E-state index contributed by atoms with van der Waals surface area (Å²) in [6.45, 7) is 8.63. The fraction of sp³-hybridized carbons (Fsp3) is 0.455. The van der Waals surface area contributed by atoms with Crippen molar-refractivity contribution >= 4 is 28.9 Å². The van der Waals surface area contributed by atoms with Crippen molar-refractivity contribution in [2.75, 3.05) is 33.3 Å². The van der Waals surface area contributed by atoms with Gasteiger partial charge in [-0.15, -0.1) is 0 Å². The topological polar surface area (TPSA) is 171 Å². The van der Waals surface area contributed by atoms with Crippen molar-refractivity contribution in [1.82, 2.24) is 20.5 Å². The highest BCUT2D eigenvalue weighted by Gasteiger charge is 2.25. The average molecular weight is 625 g/mol. The van der Waals surface area contributed by atoms with Crippen molar-refractivity contribution in [3.8, 4) is 5.75 Å². The number of aliphatic carboxylic acids is 2. The third kappa shape index (κ3) is 12.0. The van der Waals surface area contributed by atoms with E-state index in [4.69, 9.17) is 29.3 Å². The number of pyridine rings is 1. The molecule has 1 amide bonds. The number of carboxylic acid groups (broad SMARTS) is 2. The Labute approximate surface area is 263 Å². The van der Waals surface area contributed by atoms with E-state index in [2.05, 4.69) is 32.7 Å². The summed E-state index contributed by atoms with van der Waals surface area (Å²) in [7, 11) is 1.64. The Balaban J connectivity index is 0.000000838. The summed E-state index contributed by atoms with van der Waals surface area (Å²) in [5, 5.41) is 33.5. The number of aromatic nitrogens is 1. The Morgan fingerprint density at radius 1 is 1.02 bits per heavy atom. The Bertz CT molecular complexity index is 1390. The summed E-state index contributed by atoms with van der Waals surface area (Å²) < 4.78 is 10.9. The van der Waals surface area contributed by atoms with Crippen LogP contribution in [0.5, 0.6) is 5.75 Å². The molecule has 0 bridgehead atoms. The number of nitrogens with one attached hydrogen (secondary N) is 2. The van der Waals surface area contributed by atoms with Gasteiger partial charge in [-0.3, -0.25) is 4.98 Å². The number of carboxylic acids is 2. The second-order valence-electron chi connectivity index (χ2n) is 11.9. The fourth-order valence-corrected chi connectivity index (χ4v) is 5.08. The van der Waals surface area contributed by atoms with E-state index < -0.39 is 29.7 Å². The molecule has 3 aromatic rings. The molecular formula is C33H44N4O8. The lowest BCUT2D eigenvalue weighted by atomic mass is 10.0. The Morgan fingerprint density at radius 3 is 2.29 bits per heavy atom. The smallest absolute Gasteiger partial charge is 0.414 e. The van der Waals surface area contributed by atoms with Crippen LogP contribution in [0.15, 0.2) is 60.8 Å². The molecule has 1 fully saturated rings. The number of carbonyl (C=O) groups is 3. The highest BCUT2D eigenvalue weighted by atomic mass is 16.6. The van der Waals surface area contributed by atoms with E-state index in [9.17, 15) is 9.90 Å². The first-order chi connectivity index (χ1) is 21.3. The van der Waals surface area contributed by atoms with E-state index in [-0.39, 0.29) is 6.04 Å². The molecule has 4 rings (SSSR count). The number of hydrogen-bond donors (Lipinski definition) is 5. The summed E-state index contributed by atoms with van der Waals surface area (Å²) in [6, 6.07) is 18.1. The molecule has 0 aliphatic carbocycles. The summed E-state index contributed by atoms with van der Waals surface area (Å²) >= 11 is 0. The zero-order chi connectivity index (χ0) is 33.0. The van der Waals surface area contributed by atoms with Gasteiger partial charge in [0.15, 0.2) is 0 Å². The molecule has 0 spiro atoms. The second kappa shape index (κ2) is 16.7. The Kier molecular flexibility index (Phi) is 13.1. The molecule has 45 heavy (non-hydrogen) atoms. The number of β-amino-alcohol motifs (C(OH)–C–C–N with tert-alkyl or cyclic N) is 1. The summed E-state index contributed by atoms with van der Waals surface area (Å²) in [5.41, 5.74) is 2.35. The molecular weight excluding hydrogens is 580 g/mol. The van der Waals surface area contributed by atoms with Crippen molar-refractivity contribution in [2.45, 2.75) is 63.8 Å². The lowest BCUT2D eigenvalue weighted by molar-refractivity contribution is -0.159. The van der Waals surface area contributed by atoms with Crippen molar-refractivity contribution in [1.29, 1.82) is 0 Å². The minimum atomic E-state index is -1.82. The van der Waals surface area contributed by atoms with Gasteiger partial charge >= 0.3 is 18.0 Å². The molecule has 1 aliphatic heterocycles. The number of aliphatic hydroxyl groups excluding tert-OH is 1. The first-order valence-electron chi connectivity index (χ1n) is 14.9. The van der Waals surface area contributed by atoms with E-state index in [1.165, 1.54) is 5.56 Å². The summed E-state index contributed by atoms with van der Waals surface area (Å²) in [6.07, 6.45) is 3.42. The minimum Gasteiger partial charge on any atom is -0.497 e. The molecule has 0 radical (unpaired) electrons. The average Bonchev–Trinajstić information content (AvgIpc) is 2.99. The first kappa shape index (κ1) is 35.2. The zero-order valence-electron chi connectivity index (χ0n) is 26.2. The van der Waals surface area contributed by atoms with Crippen LogP contribution in [0.2, 0.25) is 0 Å². The van der Waals surface area contributed by atoms with Crippen LogP contribution in [0.1, 0.15) is 50.8 Å². The van der Waals surface area contributed by atoms with Crippen LogP contribution in [-0.2, 0) is 20.7 Å². The van der Waals surface area contributed by atoms with E-state index in [1.54, 1.807) is 13.3 Å². The van der Waals surface area contributed by atoms with E-state index >= 15 is 0 Å². The van der Waals surface area contributed by atoms with Crippen LogP contribution in [0.3, 0.4) is 0 Å². The Hall–Kier alpha value is -4.26. The number of fused-ring (bicyclic) bond motifs is 1. The van der Waals surface area contributed by atoms with Gasteiger partial charge < -0.3 is 40.3 Å². The zero-order valence-corrected chi connectivity index (χ0v) is 26.2. The highest BCUT2D eigenvalue weighted by Crippen LogP contribution is 2.27. The number of likely N-dealkylation sites (tertiary alicyclic amines) is 1. The molecule has 1 saturated heterocycles. The van der Waals surface area contributed by atoms with E-state index in [0.717, 1.165) is 54.6 Å². The third-order valence-corrected chi connectivity index (χ3v) is 7.24. The molecule has 1 aliphatic rings. The SMILES string of the molecule is COc1ccc2nccc([C@@H](O)CN3CCC(NC[C@H](Cc4ccccc4)NC(=O)OC(C)(C)C)CC3)c2c1.O=C(O)C(=O)O. The first-order valence-corrected chi connectivity index (χ1v) is 14.9. The number of amides is 1. The normalized spacial score (nSPS) is 15.3. The lowest BCUT2D eigenvalue weighted by Gasteiger charge is -2.34. The van der Waals surface area contributed by atoms with Crippen molar-refractivity contribution in [3.63, 3.8) is 0 Å². The third-order valence-electron chi connectivity index (χ3n) is 7.24. The molecule has 244 valence electrons. The van der Waals surface area contributed by atoms with Crippen LogP contribution in [0.25, 0.3) is 10.9 Å². The van der Waals surface area contributed by atoms with Gasteiger partial charge in [-0.25, -0.2) is 14.4 Å². The van der Waals surface area contributed by atoms with Crippen molar-refractivity contribution in [2.24, 2.45) is 0 Å². The number of piperidine rings is 1. The molecule has 5 N–H and O–H groups in total. The van der Waals surface area contributed by atoms with Gasteiger partial charge in [0.1, 0.15) is 11.4 Å². The molecule has 2 aromatic carbocycles. The van der Waals surface area contributed by atoms with Gasteiger partial charge in [0.05, 0.1) is 18.7 Å². The van der Waals surface area contributed by atoms with Crippen molar-refractivity contribution < 1.29 is 39.2 Å². The summed E-state index contributed by atoms with van der Waals surface area (Å²) in [5.74, 6) is -2.90. The van der Waals surface area contributed by atoms with Gasteiger partial charge in [-0.05, 0) is 88.5 Å². The number of rotatable bonds is 10. The molecule has 2 heterocycles. The maximum absolute atomic E-state index is 12.5. The largest absolute Gasteiger partial charge is 0.497 e. The monoisotopic (exact) mass is 624 g/mol. The molecule has 1 aromatic heterocycles. The van der Waals surface area contributed by atoms with Crippen LogP contribution in [0.4, 0.5) is 4.79 Å². The van der Waals surface area contributed by atoms with Gasteiger partial charge in [0.2, 0.25) is 0 Å². The maximum atomic E-state index is 12.5. The predicted octanol–water partition coefficient (Wildman–Crippen LogP) is 3.62. The number of nitrogens with zero attached hydrogens (tertiary/aromatic N) is 2. The number of hydrogen-bond acceptors (Lipinski definition) is 9. The van der Waals surface area contributed by atoms with Gasteiger partial charge in [-0.1, -0.05) is 30.3 Å². The molecule has 2 atom stereocenters. The standard InChI is InChI=1S/C31H42N4O4.C2H2O4/c1-31(2,3)39-30(37)34-24(18-22-8-6-5-7-9-22)20-33-23-13-16-35(17-14-23)21-29(36)26-12-15-32-28-11-10-25(38-4)19-27(26)28;3-1(4)2(5)6/h5-12,15,19,23-24,29,33,36H,13-14,16-18,20-21H2,1-4H3,(H,34,37);(H,3,4)(H,5,6)/t24-,29-;/m0./s1. The number of methoxy groups -OCH3 is 1. The van der Waals surface area contributed by atoms with Gasteiger partial charge in [0.25, 0.3) is 0 Å². The number of alkyl carbamates (subject to hydrolysis) is 1. The lowest BCUT2D eigenvalue weighted by Crippen LogP contribution is -2.50. The molecule has 12 nitrogen and oxygen atoms in total. The molecule has 0 saturated carbocycles. The number of ether oxygens (including phenoxy) is 2. The van der Waals surface area contributed by atoms with Crippen LogP contribution >= 0.6 is 0 Å². The predicted molar refractivity (Wildman–Crippen MR) is 169 cm³/mol. The Morgan fingerprint density at radius 2 is 1.69 bits per heavy atom. The van der Waals surface area contributed by atoms with E-state index in [1.807, 2.05) is 63.2 Å². The van der Waals surface area contributed by atoms with Gasteiger partial charge in [-0.2, -0.15) is 0 Å². The number of carbonyl (C=O) groups excluding carboxylic acids is 1. The van der Waals surface area contributed by atoms with Crippen LogP contribution in [-0.4, -0.2) is 94.2 Å². The number of benzene rings is 2. The minimum absolute atomic E-state index is 0.0842. The van der Waals surface area contributed by atoms with Crippen LogP contribution in [0, 0.1) is 0 Å². The van der Waals surface area contributed by atoms with E-state index in [0.29, 0.717) is 19.1 Å².